The molecular formula is C17H17FN2O4. The van der Waals surface area contributed by atoms with E-state index in [1.165, 1.54) is 43.5 Å². The number of ether oxygens (including phenoxy) is 1. The van der Waals surface area contributed by atoms with Crippen molar-refractivity contribution in [3.8, 4) is 5.75 Å². The quantitative estimate of drug-likeness (QED) is 0.651. The second kappa shape index (κ2) is 7.54. The number of hydrogen-bond donors (Lipinski definition) is 1. The van der Waals surface area contributed by atoms with E-state index in [0.717, 1.165) is 0 Å². The number of hydrogen-bond acceptors (Lipinski definition) is 4. The number of halogens is 1. The first-order valence-electron chi connectivity index (χ1n) is 7.27. The molecule has 24 heavy (non-hydrogen) atoms. The minimum Gasteiger partial charge on any atom is -0.494 e. The lowest BCUT2D eigenvalue weighted by Gasteiger charge is -2.15. The van der Waals surface area contributed by atoms with Gasteiger partial charge in [0.2, 0.25) is 5.91 Å². The summed E-state index contributed by atoms with van der Waals surface area (Å²) in [7, 11) is 1.38. The molecule has 0 radical (unpaired) electrons. The Kier molecular flexibility index (Phi) is 5.47. The summed E-state index contributed by atoms with van der Waals surface area (Å²) in [5.74, 6) is -0.609. The molecule has 0 aromatic heterocycles. The maximum absolute atomic E-state index is 13.7. The van der Waals surface area contributed by atoms with E-state index in [1.54, 1.807) is 13.0 Å². The van der Waals surface area contributed by atoms with Crippen LogP contribution in [-0.4, -0.2) is 17.9 Å². The second-order valence-corrected chi connectivity index (χ2v) is 5.28. The molecule has 0 aliphatic heterocycles. The Bertz CT molecular complexity index is 747. The molecule has 0 saturated carbocycles. The zero-order valence-electron chi connectivity index (χ0n) is 13.3. The van der Waals surface area contributed by atoms with Crippen LogP contribution in [0.25, 0.3) is 0 Å². The molecule has 2 aromatic rings. The summed E-state index contributed by atoms with van der Waals surface area (Å²) < 4.78 is 18.6. The van der Waals surface area contributed by atoms with Crippen LogP contribution in [0.15, 0.2) is 42.5 Å². The van der Waals surface area contributed by atoms with Gasteiger partial charge in [-0.25, -0.2) is 4.39 Å². The normalized spacial score (nSPS) is 11.6. The molecule has 1 N–H and O–H groups in total. The van der Waals surface area contributed by atoms with Gasteiger partial charge in [0, 0.05) is 12.1 Å². The molecule has 0 fully saturated rings. The largest absolute Gasteiger partial charge is 0.494 e. The van der Waals surface area contributed by atoms with Crippen LogP contribution in [-0.2, 0) is 11.2 Å². The number of benzene rings is 2. The zero-order valence-corrected chi connectivity index (χ0v) is 13.3. The van der Waals surface area contributed by atoms with Crippen molar-refractivity contribution in [2.75, 3.05) is 7.11 Å². The van der Waals surface area contributed by atoms with Gasteiger partial charge in [0.1, 0.15) is 0 Å². The van der Waals surface area contributed by atoms with Crippen LogP contribution in [0.4, 0.5) is 10.1 Å². The molecule has 0 heterocycles. The molecule has 0 saturated heterocycles. The molecule has 126 valence electrons. The molecule has 6 nitrogen and oxygen atoms in total. The number of carbonyl (C=O) groups is 1. The molecule has 0 aliphatic carbocycles. The van der Waals surface area contributed by atoms with Crippen molar-refractivity contribution < 1.29 is 18.8 Å². The summed E-state index contributed by atoms with van der Waals surface area (Å²) in [6, 6.07) is 9.90. The van der Waals surface area contributed by atoms with Gasteiger partial charge in [0.15, 0.2) is 11.6 Å². The highest BCUT2D eigenvalue weighted by atomic mass is 19.1. The van der Waals surface area contributed by atoms with Crippen molar-refractivity contribution in [2.45, 2.75) is 19.4 Å². The molecule has 2 aromatic carbocycles. The third-order valence-electron chi connectivity index (χ3n) is 3.57. The number of nitrogens with zero attached hydrogens (tertiary/aromatic N) is 1. The van der Waals surface area contributed by atoms with Crippen molar-refractivity contribution in [1.29, 1.82) is 0 Å². The Morgan fingerprint density at radius 2 is 1.96 bits per heavy atom. The van der Waals surface area contributed by atoms with Crippen LogP contribution in [0.5, 0.6) is 5.75 Å². The van der Waals surface area contributed by atoms with Crippen LogP contribution >= 0.6 is 0 Å². The fourth-order valence-electron chi connectivity index (χ4n) is 2.25. The topological polar surface area (TPSA) is 81.5 Å². The van der Waals surface area contributed by atoms with Gasteiger partial charge in [0.25, 0.3) is 5.69 Å². The van der Waals surface area contributed by atoms with Crippen LogP contribution < -0.4 is 10.1 Å². The lowest BCUT2D eigenvalue weighted by molar-refractivity contribution is -0.384. The van der Waals surface area contributed by atoms with E-state index in [-0.39, 0.29) is 29.8 Å². The smallest absolute Gasteiger partial charge is 0.269 e. The molecule has 0 bridgehead atoms. The van der Waals surface area contributed by atoms with E-state index in [0.29, 0.717) is 11.1 Å². The fourth-order valence-corrected chi connectivity index (χ4v) is 2.25. The van der Waals surface area contributed by atoms with E-state index < -0.39 is 10.7 Å². The van der Waals surface area contributed by atoms with Gasteiger partial charge in [-0.3, -0.25) is 14.9 Å². The molecule has 0 unspecified atom stereocenters. The Labute approximate surface area is 138 Å². The van der Waals surface area contributed by atoms with E-state index in [1.807, 2.05) is 0 Å². The number of methoxy groups -OCH3 is 1. The molecule has 1 amide bonds. The summed E-state index contributed by atoms with van der Waals surface area (Å²) >= 11 is 0. The number of nitrogens with one attached hydrogen (secondary N) is 1. The maximum atomic E-state index is 13.7. The van der Waals surface area contributed by atoms with Crippen molar-refractivity contribution in [3.05, 3.63) is 69.5 Å². The molecular weight excluding hydrogens is 315 g/mol. The minimum atomic E-state index is -0.496. The Morgan fingerprint density at radius 1 is 1.29 bits per heavy atom. The summed E-state index contributed by atoms with van der Waals surface area (Å²) in [5.41, 5.74) is 1.25. The lowest BCUT2D eigenvalue weighted by Crippen LogP contribution is -2.28. The van der Waals surface area contributed by atoms with Crippen molar-refractivity contribution in [1.82, 2.24) is 5.32 Å². The lowest BCUT2D eigenvalue weighted by atomic mass is 10.1. The Hall–Kier alpha value is -2.96. The number of nitro groups is 1. The fraction of sp³-hybridized carbons (Fsp3) is 0.235. The predicted octanol–water partition coefficient (Wildman–Crippen LogP) is 3.16. The Balaban J connectivity index is 1.98. The second-order valence-electron chi connectivity index (χ2n) is 5.28. The monoisotopic (exact) mass is 332 g/mol. The average molecular weight is 332 g/mol. The average Bonchev–Trinajstić information content (AvgIpc) is 2.55. The van der Waals surface area contributed by atoms with Crippen LogP contribution in [0, 0.1) is 15.9 Å². The van der Waals surface area contributed by atoms with Gasteiger partial charge in [-0.15, -0.1) is 0 Å². The Morgan fingerprint density at radius 3 is 2.50 bits per heavy atom. The van der Waals surface area contributed by atoms with E-state index in [2.05, 4.69) is 5.32 Å². The molecule has 2 rings (SSSR count). The van der Waals surface area contributed by atoms with E-state index in [4.69, 9.17) is 4.74 Å². The van der Waals surface area contributed by atoms with Gasteiger partial charge in [-0.05, 0) is 30.2 Å². The van der Waals surface area contributed by atoms with Gasteiger partial charge in [-0.2, -0.15) is 0 Å². The highest BCUT2D eigenvalue weighted by Crippen LogP contribution is 2.21. The van der Waals surface area contributed by atoms with Gasteiger partial charge < -0.3 is 10.1 Å². The number of amides is 1. The summed E-state index contributed by atoms with van der Waals surface area (Å²) in [6.07, 6.45) is 0.0843. The third-order valence-corrected chi connectivity index (χ3v) is 3.57. The standard InChI is InChI=1S/C17H17FN2O4/c1-11(13-5-8-16(24-2)15(18)10-13)19-17(21)9-12-3-6-14(7-4-12)20(22)23/h3-8,10-11H,9H2,1-2H3,(H,19,21)/t11-/m0/s1. The van der Waals surface area contributed by atoms with Crippen molar-refractivity contribution in [3.63, 3.8) is 0 Å². The van der Waals surface area contributed by atoms with Crippen molar-refractivity contribution in [2.24, 2.45) is 0 Å². The number of nitro benzene ring substituents is 1. The van der Waals surface area contributed by atoms with Crippen molar-refractivity contribution >= 4 is 11.6 Å². The zero-order chi connectivity index (χ0) is 17.7. The molecule has 0 spiro atoms. The highest BCUT2D eigenvalue weighted by Gasteiger charge is 2.13. The first kappa shape index (κ1) is 17.4. The van der Waals surface area contributed by atoms with Crippen LogP contribution in [0.3, 0.4) is 0 Å². The number of non-ortho nitro benzene ring substituents is 1. The molecule has 0 aliphatic rings. The molecule has 7 heteroatoms. The van der Waals surface area contributed by atoms with Crippen LogP contribution in [0.2, 0.25) is 0 Å². The highest BCUT2D eigenvalue weighted by molar-refractivity contribution is 5.79. The number of carbonyl (C=O) groups excluding carboxylic acids is 1. The summed E-state index contributed by atoms with van der Waals surface area (Å²) in [4.78, 5) is 22.2. The SMILES string of the molecule is COc1ccc([C@H](C)NC(=O)Cc2ccc([N+](=O)[O-])cc2)cc1F. The first-order valence-corrected chi connectivity index (χ1v) is 7.27. The van der Waals surface area contributed by atoms with Gasteiger partial charge in [-0.1, -0.05) is 18.2 Å². The summed E-state index contributed by atoms with van der Waals surface area (Å²) in [5, 5.41) is 13.4. The maximum Gasteiger partial charge on any atom is 0.269 e. The first-order chi connectivity index (χ1) is 11.4. The van der Waals surface area contributed by atoms with Gasteiger partial charge >= 0.3 is 0 Å². The van der Waals surface area contributed by atoms with Gasteiger partial charge in [0.05, 0.1) is 24.5 Å². The number of rotatable bonds is 6. The predicted molar refractivity (Wildman–Crippen MR) is 86.3 cm³/mol. The third kappa shape index (κ3) is 4.28. The van der Waals surface area contributed by atoms with E-state index in [9.17, 15) is 19.3 Å². The summed E-state index contributed by atoms with van der Waals surface area (Å²) in [6.45, 7) is 1.75. The minimum absolute atomic E-state index is 0.0266. The van der Waals surface area contributed by atoms with E-state index >= 15 is 0 Å². The molecule has 1 atom stereocenters. The van der Waals surface area contributed by atoms with Crippen LogP contribution in [0.1, 0.15) is 24.1 Å².